The van der Waals surface area contributed by atoms with Gasteiger partial charge in [0.15, 0.2) is 0 Å². The number of aryl methyl sites for hydroxylation is 1. The zero-order chi connectivity index (χ0) is 29.3. The minimum atomic E-state index is -2.53. The number of carboxylic acids is 1. The fourth-order valence-electron chi connectivity index (χ4n) is 4.42. The van der Waals surface area contributed by atoms with Crippen molar-refractivity contribution in [1.29, 1.82) is 0 Å². The molecule has 0 saturated heterocycles. The maximum atomic E-state index is 13.6. The van der Waals surface area contributed by atoms with E-state index >= 15 is 0 Å². The first-order chi connectivity index (χ1) is 18.5. The molecule has 2 N–H and O–H groups in total. The van der Waals surface area contributed by atoms with Crippen LogP contribution in [-0.4, -0.2) is 46.3 Å². The maximum Gasteiger partial charge on any atom is 0.339 e. The van der Waals surface area contributed by atoms with Crippen molar-refractivity contribution < 1.29 is 28.2 Å². The molecule has 214 valence electrons. The molecule has 11 heteroatoms. The molecule has 1 heterocycles. The molecule has 1 aliphatic rings. The largest absolute Gasteiger partial charge is 0.496 e. The molecule has 3 rings (SSSR count). The molecule has 1 aliphatic carbocycles. The number of amides is 1. The molecule has 1 aromatic heterocycles. The van der Waals surface area contributed by atoms with E-state index in [0.29, 0.717) is 34.3 Å². The summed E-state index contributed by atoms with van der Waals surface area (Å²) in [4.78, 5) is 25.1. The Morgan fingerprint density at radius 2 is 1.95 bits per heavy atom. The van der Waals surface area contributed by atoms with Gasteiger partial charge < -0.3 is 15.2 Å². The van der Waals surface area contributed by atoms with Crippen molar-refractivity contribution in [2.45, 2.75) is 65.3 Å². The predicted molar refractivity (Wildman–Crippen MR) is 149 cm³/mol. The van der Waals surface area contributed by atoms with E-state index in [1.54, 1.807) is 37.4 Å². The van der Waals surface area contributed by atoms with E-state index in [1.807, 2.05) is 20.8 Å². The van der Waals surface area contributed by atoms with Crippen LogP contribution in [0, 0.1) is 5.92 Å². The highest BCUT2D eigenvalue weighted by molar-refractivity contribution is 6.42. The number of alkyl halides is 2. The number of hydrogen-bond donors (Lipinski definition) is 2. The standard InChI is InChI=1S/C26H29Cl2F2N3O4.C2H6/c1-14(16-5-4-6-17(26(35)36)22(13-16)37-3)31-25(34)24-20(12-15-7-8-18(27)19(28)11-15)32-33(2)21(24)9-10-23(29)30;1-2/h6-8,11,13-14,16,23H,4-5,9-10,12H2,1-3H3,(H,31,34)(H,35,36);1-2H3. The summed E-state index contributed by atoms with van der Waals surface area (Å²) in [7, 11) is 3.02. The van der Waals surface area contributed by atoms with Gasteiger partial charge in [-0.15, -0.1) is 0 Å². The maximum absolute atomic E-state index is 13.6. The number of rotatable bonds is 10. The van der Waals surface area contributed by atoms with Crippen molar-refractivity contribution in [2.24, 2.45) is 13.0 Å². The lowest BCUT2D eigenvalue weighted by molar-refractivity contribution is -0.132. The summed E-state index contributed by atoms with van der Waals surface area (Å²) in [6, 6.07) is 4.69. The minimum absolute atomic E-state index is 0.0251. The van der Waals surface area contributed by atoms with Gasteiger partial charge >= 0.3 is 5.97 Å². The van der Waals surface area contributed by atoms with Crippen molar-refractivity contribution >= 4 is 35.1 Å². The van der Waals surface area contributed by atoms with Crippen LogP contribution < -0.4 is 5.32 Å². The topological polar surface area (TPSA) is 93.5 Å². The molecule has 0 aliphatic heterocycles. The number of aromatic nitrogens is 2. The number of aliphatic carboxylic acids is 1. The Balaban J connectivity index is 0.00000260. The molecule has 2 unspecified atom stereocenters. The van der Waals surface area contributed by atoms with Crippen molar-refractivity contribution in [3.63, 3.8) is 0 Å². The number of hydrogen-bond acceptors (Lipinski definition) is 4. The molecule has 0 bridgehead atoms. The Morgan fingerprint density at radius 3 is 2.54 bits per heavy atom. The number of allylic oxidation sites excluding steroid dienone is 1. The van der Waals surface area contributed by atoms with Gasteiger partial charge in [-0.1, -0.05) is 49.2 Å². The SMILES string of the molecule is CC.COC1=CC(C(C)NC(=O)c2c(Cc3ccc(Cl)c(Cl)c3)nn(C)c2CCC(F)F)CCC=C1C(=O)O. The van der Waals surface area contributed by atoms with Gasteiger partial charge in [-0.05, 0) is 50.0 Å². The molecule has 7 nitrogen and oxygen atoms in total. The van der Waals surface area contributed by atoms with Crippen LogP contribution in [0.15, 0.2) is 41.7 Å². The highest BCUT2D eigenvalue weighted by atomic mass is 35.5. The Morgan fingerprint density at radius 1 is 1.26 bits per heavy atom. The summed E-state index contributed by atoms with van der Waals surface area (Å²) in [6.07, 6.45) is 1.68. The third-order valence-electron chi connectivity index (χ3n) is 6.35. The van der Waals surface area contributed by atoms with E-state index in [1.165, 1.54) is 11.8 Å². The zero-order valence-electron chi connectivity index (χ0n) is 22.7. The molecular weight excluding hydrogens is 551 g/mol. The Bertz CT molecular complexity index is 1230. The second-order valence-corrected chi connectivity index (χ2v) is 9.72. The first-order valence-corrected chi connectivity index (χ1v) is 13.5. The predicted octanol–water partition coefficient (Wildman–Crippen LogP) is 6.61. The van der Waals surface area contributed by atoms with Gasteiger partial charge in [0, 0.05) is 31.8 Å². The number of carbonyl (C=O) groups excluding carboxylic acids is 1. The molecule has 0 radical (unpaired) electrons. The number of halogens is 4. The van der Waals surface area contributed by atoms with E-state index in [9.17, 15) is 23.5 Å². The van der Waals surface area contributed by atoms with Crippen LogP contribution in [-0.2, 0) is 29.4 Å². The molecular formula is C28H35Cl2F2N3O4. The number of methoxy groups -OCH3 is 1. The Labute approximate surface area is 237 Å². The fourth-order valence-corrected chi connectivity index (χ4v) is 4.74. The van der Waals surface area contributed by atoms with Crippen LogP contribution in [0.25, 0.3) is 0 Å². The summed E-state index contributed by atoms with van der Waals surface area (Å²) in [5.41, 5.74) is 1.92. The number of carbonyl (C=O) groups is 2. The van der Waals surface area contributed by atoms with Crippen LogP contribution in [0.5, 0.6) is 0 Å². The van der Waals surface area contributed by atoms with Gasteiger partial charge in [-0.25, -0.2) is 13.6 Å². The fraction of sp³-hybridized carbons (Fsp3) is 0.464. The summed E-state index contributed by atoms with van der Waals surface area (Å²) in [5, 5.41) is 17.7. The van der Waals surface area contributed by atoms with Gasteiger partial charge in [0.1, 0.15) is 5.76 Å². The molecule has 0 spiro atoms. The lowest BCUT2D eigenvalue weighted by atomic mass is 9.95. The molecule has 2 atom stereocenters. The Kier molecular flexibility index (Phi) is 12.4. The summed E-state index contributed by atoms with van der Waals surface area (Å²) in [5.74, 6) is -1.51. The first-order valence-electron chi connectivity index (χ1n) is 12.8. The Hall–Kier alpha value is -2.91. The van der Waals surface area contributed by atoms with Crippen molar-refractivity contribution in [1.82, 2.24) is 15.1 Å². The second kappa shape index (κ2) is 15.0. The monoisotopic (exact) mass is 585 g/mol. The lowest BCUT2D eigenvalue weighted by Gasteiger charge is -2.22. The number of ether oxygens (including phenoxy) is 1. The number of benzene rings is 1. The molecule has 0 fully saturated rings. The molecule has 1 aromatic carbocycles. The second-order valence-electron chi connectivity index (χ2n) is 8.91. The number of carboxylic acid groups (broad SMARTS) is 1. The van der Waals surface area contributed by atoms with Crippen molar-refractivity contribution in [3.8, 4) is 0 Å². The van der Waals surface area contributed by atoms with Gasteiger partial charge in [0.25, 0.3) is 5.91 Å². The number of nitrogens with zero attached hydrogens (tertiary/aromatic N) is 2. The van der Waals surface area contributed by atoms with Crippen LogP contribution in [0.4, 0.5) is 8.78 Å². The third kappa shape index (κ3) is 8.54. The highest BCUT2D eigenvalue weighted by Crippen LogP contribution is 2.28. The normalized spacial score (nSPS) is 15.9. The zero-order valence-corrected chi connectivity index (χ0v) is 24.2. The van der Waals surface area contributed by atoms with Gasteiger partial charge in [0.2, 0.25) is 6.43 Å². The van der Waals surface area contributed by atoms with Crippen LogP contribution in [0.3, 0.4) is 0 Å². The quantitative estimate of drug-likeness (QED) is 0.327. The molecule has 39 heavy (non-hydrogen) atoms. The van der Waals surface area contributed by atoms with E-state index in [4.69, 9.17) is 27.9 Å². The average Bonchev–Trinajstić information content (AvgIpc) is 3.05. The van der Waals surface area contributed by atoms with Gasteiger partial charge in [-0.2, -0.15) is 5.10 Å². The van der Waals surface area contributed by atoms with E-state index < -0.39 is 30.8 Å². The van der Waals surface area contributed by atoms with Crippen LogP contribution >= 0.6 is 23.2 Å². The smallest absolute Gasteiger partial charge is 0.339 e. The van der Waals surface area contributed by atoms with E-state index in [0.717, 1.165) is 5.56 Å². The van der Waals surface area contributed by atoms with Crippen molar-refractivity contribution in [2.75, 3.05) is 7.11 Å². The summed E-state index contributed by atoms with van der Waals surface area (Å²) in [6.45, 7) is 5.81. The van der Waals surface area contributed by atoms with Gasteiger partial charge in [-0.3, -0.25) is 9.48 Å². The van der Waals surface area contributed by atoms with Crippen LogP contribution in [0.2, 0.25) is 10.0 Å². The van der Waals surface area contributed by atoms with Crippen LogP contribution in [0.1, 0.15) is 67.3 Å². The summed E-state index contributed by atoms with van der Waals surface area (Å²) < 4.78 is 32.9. The molecule has 2 aromatic rings. The average molecular weight is 587 g/mol. The van der Waals surface area contributed by atoms with E-state index in [2.05, 4.69) is 10.4 Å². The first kappa shape index (κ1) is 32.3. The number of nitrogens with one attached hydrogen (secondary N) is 1. The third-order valence-corrected chi connectivity index (χ3v) is 7.09. The van der Waals surface area contributed by atoms with Crippen molar-refractivity contribution in [3.05, 3.63) is 74.2 Å². The van der Waals surface area contributed by atoms with E-state index in [-0.39, 0.29) is 35.7 Å². The van der Waals surface area contributed by atoms with Gasteiger partial charge in [0.05, 0.1) is 39.7 Å². The molecule has 0 saturated carbocycles. The molecule has 1 amide bonds. The lowest BCUT2D eigenvalue weighted by Crippen LogP contribution is -2.38. The highest BCUT2D eigenvalue weighted by Gasteiger charge is 2.28. The summed E-state index contributed by atoms with van der Waals surface area (Å²) >= 11 is 12.2. The minimum Gasteiger partial charge on any atom is -0.496 e.